The second-order valence-corrected chi connectivity index (χ2v) is 5.72. The van der Waals surface area contributed by atoms with E-state index < -0.39 is 0 Å². The van der Waals surface area contributed by atoms with Gasteiger partial charge in [-0.2, -0.15) is 0 Å². The summed E-state index contributed by atoms with van der Waals surface area (Å²) in [6.45, 7) is 2.49. The zero-order valence-electron chi connectivity index (χ0n) is 10.9. The molecule has 1 aromatic carbocycles. The third-order valence-corrected chi connectivity index (χ3v) is 4.39. The monoisotopic (exact) mass is 258 g/mol. The number of nitrogens with zero attached hydrogens (tertiary/aromatic N) is 1. The van der Waals surface area contributed by atoms with Gasteiger partial charge in [-0.3, -0.25) is 4.79 Å². The first-order valence-corrected chi connectivity index (χ1v) is 7.11. The molecular weight excluding hydrogens is 240 g/mol. The summed E-state index contributed by atoms with van der Waals surface area (Å²) < 4.78 is 5.78. The quantitative estimate of drug-likeness (QED) is 0.833. The van der Waals surface area contributed by atoms with E-state index in [9.17, 15) is 4.79 Å². The van der Waals surface area contributed by atoms with Crippen LogP contribution in [-0.2, 0) is 11.2 Å². The zero-order chi connectivity index (χ0) is 12.8. The van der Waals surface area contributed by atoms with Crippen molar-refractivity contribution in [2.24, 2.45) is 0 Å². The fraction of sp³-hybridized carbons (Fsp3) is 0.533. The summed E-state index contributed by atoms with van der Waals surface area (Å²) in [5, 5.41) is 3.32. The van der Waals surface area contributed by atoms with Crippen LogP contribution in [0.5, 0.6) is 0 Å². The van der Waals surface area contributed by atoms with Crippen LogP contribution < -0.4 is 5.32 Å². The van der Waals surface area contributed by atoms with Gasteiger partial charge >= 0.3 is 0 Å². The third kappa shape index (κ3) is 1.91. The van der Waals surface area contributed by atoms with Crippen LogP contribution in [0.2, 0.25) is 0 Å². The molecule has 0 radical (unpaired) electrons. The molecule has 1 N–H and O–H groups in total. The molecule has 4 heteroatoms. The molecule has 0 aliphatic carbocycles. The lowest BCUT2D eigenvalue weighted by atomic mass is 10.1. The zero-order valence-corrected chi connectivity index (χ0v) is 10.9. The van der Waals surface area contributed by atoms with Gasteiger partial charge in [-0.05, 0) is 43.0 Å². The number of likely N-dealkylation sites (tertiary alicyclic amines) is 1. The molecule has 3 aliphatic rings. The summed E-state index contributed by atoms with van der Waals surface area (Å²) in [6, 6.07) is 6.02. The highest BCUT2D eigenvalue weighted by Crippen LogP contribution is 2.28. The molecule has 3 aliphatic heterocycles. The van der Waals surface area contributed by atoms with E-state index in [0.717, 1.165) is 44.5 Å². The van der Waals surface area contributed by atoms with E-state index in [-0.39, 0.29) is 18.1 Å². The Bertz CT molecular complexity index is 517. The summed E-state index contributed by atoms with van der Waals surface area (Å²) in [7, 11) is 0. The maximum atomic E-state index is 12.6. The summed E-state index contributed by atoms with van der Waals surface area (Å²) in [5.41, 5.74) is 3.27. The molecular formula is C15H18N2O2. The minimum Gasteiger partial charge on any atom is -0.384 e. The Morgan fingerprint density at radius 3 is 2.84 bits per heavy atom. The van der Waals surface area contributed by atoms with Crippen LogP contribution in [0.25, 0.3) is 0 Å². The van der Waals surface area contributed by atoms with E-state index in [2.05, 4.69) is 11.4 Å². The number of anilines is 1. The molecule has 100 valence electrons. The number of nitrogens with one attached hydrogen (secondary N) is 1. The Morgan fingerprint density at radius 2 is 2.05 bits per heavy atom. The maximum absolute atomic E-state index is 12.6. The van der Waals surface area contributed by atoms with E-state index >= 15 is 0 Å². The molecule has 4 nitrogen and oxygen atoms in total. The van der Waals surface area contributed by atoms with Crippen molar-refractivity contribution < 1.29 is 9.53 Å². The van der Waals surface area contributed by atoms with E-state index in [1.807, 2.05) is 17.0 Å². The van der Waals surface area contributed by atoms with Gasteiger partial charge in [0.15, 0.2) is 0 Å². The minimum atomic E-state index is 0.162. The fourth-order valence-corrected chi connectivity index (χ4v) is 3.40. The van der Waals surface area contributed by atoms with E-state index in [4.69, 9.17) is 4.74 Å². The predicted molar refractivity (Wildman–Crippen MR) is 72.4 cm³/mol. The number of carbonyl (C=O) groups excluding carboxylic acids is 1. The lowest BCUT2D eigenvalue weighted by Gasteiger charge is -2.32. The minimum absolute atomic E-state index is 0.162. The number of carbonyl (C=O) groups is 1. The number of ether oxygens (including phenoxy) is 1. The van der Waals surface area contributed by atoms with Crippen LogP contribution in [-0.4, -0.2) is 42.6 Å². The number of rotatable bonds is 1. The van der Waals surface area contributed by atoms with Crippen molar-refractivity contribution in [2.45, 2.75) is 31.5 Å². The lowest BCUT2D eigenvalue weighted by Crippen LogP contribution is -2.45. The molecule has 3 heterocycles. The molecule has 0 spiro atoms. The van der Waals surface area contributed by atoms with Gasteiger partial charge in [0, 0.05) is 30.9 Å². The van der Waals surface area contributed by atoms with Crippen molar-refractivity contribution >= 4 is 11.6 Å². The molecule has 0 saturated carbocycles. The Morgan fingerprint density at radius 1 is 1.26 bits per heavy atom. The Kier molecular flexibility index (Phi) is 2.52. The first-order valence-electron chi connectivity index (χ1n) is 7.11. The summed E-state index contributed by atoms with van der Waals surface area (Å²) >= 11 is 0. The van der Waals surface area contributed by atoms with Crippen molar-refractivity contribution in [3.63, 3.8) is 0 Å². The molecule has 1 amide bonds. The van der Waals surface area contributed by atoms with E-state index in [0.29, 0.717) is 0 Å². The first kappa shape index (κ1) is 11.3. The molecule has 2 saturated heterocycles. The average molecular weight is 258 g/mol. The number of hydrogen-bond donors (Lipinski definition) is 1. The lowest BCUT2D eigenvalue weighted by molar-refractivity contribution is -0.0303. The second-order valence-electron chi connectivity index (χ2n) is 5.72. The van der Waals surface area contributed by atoms with Gasteiger partial charge in [-0.25, -0.2) is 0 Å². The van der Waals surface area contributed by atoms with Gasteiger partial charge in [0.1, 0.15) is 0 Å². The fourth-order valence-electron chi connectivity index (χ4n) is 3.40. The molecule has 0 aromatic heterocycles. The third-order valence-electron chi connectivity index (χ3n) is 4.39. The van der Waals surface area contributed by atoms with E-state index in [1.54, 1.807) is 0 Å². The van der Waals surface area contributed by atoms with Gasteiger partial charge in [0.2, 0.25) is 0 Å². The van der Waals surface area contributed by atoms with Crippen LogP contribution in [0.4, 0.5) is 5.69 Å². The summed E-state index contributed by atoms with van der Waals surface area (Å²) in [4.78, 5) is 14.5. The molecule has 2 fully saturated rings. The molecule has 2 bridgehead atoms. The number of morpholine rings is 1. The maximum Gasteiger partial charge on any atom is 0.254 e. The average Bonchev–Trinajstić information content (AvgIpc) is 3.03. The normalized spacial score (nSPS) is 28.1. The molecule has 2 atom stereocenters. The molecule has 1 aromatic rings. The molecule has 2 unspecified atom stereocenters. The van der Waals surface area contributed by atoms with Crippen molar-refractivity contribution in [1.82, 2.24) is 4.90 Å². The van der Waals surface area contributed by atoms with Crippen molar-refractivity contribution in [1.29, 1.82) is 0 Å². The van der Waals surface area contributed by atoms with E-state index in [1.165, 1.54) is 11.3 Å². The smallest absolute Gasteiger partial charge is 0.254 e. The Hall–Kier alpha value is -1.55. The van der Waals surface area contributed by atoms with Crippen molar-refractivity contribution in [2.75, 3.05) is 25.0 Å². The highest BCUT2D eigenvalue weighted by atomic mass is 16.5. The van der Waals surface area contributed by atoms with Crippen LogP contribution in [0, 0.1) is 0 Å². The molecule has 4 rings (SSSR count). The Labute approximate surface area is 112 Å². The van der Waals surface area contributed by atoms with Crippen LogP contribution in [0.1, 0.15) is 28.8 Å². The van der Waals surface area contributed by atoms with Crippen LogP contribution in [0.15, 0.2) is 18.2 Å². The van der Waals surface area contributed by atoms with Crippen LogP contribution >= 0.6 is 0 Å². The SMILES string of the molecule is O=C(c1ccc2c(c1)CCN2)N1CC2CCC(C1)O2. The van der Waals surface area contributed by atoms with Gasteiger partial charge in [-0.15, -0.1) is 0 Å². The summed E-state index contributed by atoms with van der Waals surface area (Å²) in [5.74, 6) is 0.162. The second kappa shape index (κ2) is 4.23. The van der Waals surface area contributed by atoms with Gasteiger partial charge in [0.25, 0.3) is 5.91 Å². The summed E-state index contributed by atoms with van der Waals surface area (Å²) in [6.07, 6.45) is 3.74. The first-order chi connectivity index (χ1) is 9.29. The largest absolute Gasteiger partial charge is 0.384 e. The Balaban J connectivity index is 1.57. The van der Waals surface area contributed by atoms with Crippen molar-refractivity contribution in [3.8, 4) is 0 Å². The number of fused-ring (bicyclic) bond motifs is 3. The molecule has 19 heavy (non-hydrogen) atoms. The highest BCUT2D eigenvalue weighted by Gasteiger charge is 2.36. The number of amides is 1. The number of benzene rings is 1. The highest BCUT2D eigenvalue weighted by molar-refractivity contribution is 5.95. The van der Waals surface area contributed by atoms with Gasteiger partial charge < -0.3 is 15.0 Å². The van der Waals surface area contributed by atoms with Crippen LogP contribution in [0.3, 0.4) is 0 Å². The van der Waals surface area contributed by atoms with Gasteiger partial charge in [0.05, 0.1) is 12.2 Å². The van der Waals surface area contributed by atoms with Crippen molar-refractivity contribution in [3.05, 3.63) is 29.3 Å². The predicted octanol–water partition coefficient (Wildman–Crippen LogP) is 1.66. The van der Waals surface area contributed by atoms with Gasteiger partial charge in [-0.1, -0.05) is 0 Å². The standard InChI is InChI=1S/C15H18N2O2/c18-15(17-8-12-2-3-13(9-17)19-12)11-1-4-14-10(7-11)5-6-16-14/h1,4,7,12-13,16H,2-3,5-6,8-9H2. The topological polar surface area (TPSA) is 41.6 Å². The number of hydrogen-bond acceptors (Lipinski definition) is 3.